The normalized spacial score (nSPS) is 20.0. The van der Waals surface area contributed by atoms with Crippen molar-refractivity contribution in [3.63, 3.8) is 0 Å². The van der Waals surface area contributed by atoms with Crippen LogP contribution >= 0.6 is 11.3 Å². The SMILES string of the molecule is CC(C)(C)OC(=O)N1CCC(C2CCN(c3nc4ccccc4s3)CC2)CC1. The van der Waals surface area contributed by atoms with Crippen LogP contribution in [0.5, 0.6) is 0 Å². The van der Waals surface area contributed by atoms with Gasteiger partial charge in [0, 0.05) is 26.2 Å². The summed E-state index contributed by atoms with van der Waals surface area (Å²) in [7, 11) is 0. The molecule has 2 saturated heterocycles. The molecule has 0 radical (unpaired) electrons. The molecule has 2 aromatic rings. The predicted octanol–water partition coefficient (Wildman–Crippen LogP) is 5.16. The molecule has 5 nitrogen and oxygen atoms in total. The first-order chi connectivity index (χ1) is 13.4. The van der Waals surface area contributed by atoms with E-state index < -0.39 is 5.60 Å². The molecule has 152 valence electrons. The van der Waals surface area contributed by atoms with Gasteiger partial charge in [0.05, 0.1) is 10.2 Å². The number of piperidine rings is 2. The number of fused-ring (bicyclic) bond motifs is 1. The van der Waals surface area contributed by atoms with Crippen molar-refractivity contribution in [2.75, 3.05) is 31.1 Å². The molecule has 0 atom stereocenters. The summed E-state index contributed by atoms with van der Waals surface area (Å²) in [5.41, 5.74) is 0.695. The predicted molar refractivity (Wildman–Crippen MR) is 115 cm³/mol. The Bertz CT molecular complexity index is 780. The number of nitrogens with zero attached hydrogens (tertiary/aromatic N) is 3. The number of carbonyl (C=O) groups is 1. The van der Waals surface area contributed by atoms with E-state index >= 15 is 0 Å². The second kappa shape index (κ2) is 7.90. The zero-order chi connectivity index (χ0) is 19.7. The van der Waals surface area contributed by atoms with E-state index in [-0.39, 0.29) is 6.09 Å². The van der Waals surface area contributed by atoms with E-state index in [2.05, 4.69) is 29.2 Å². The molecule has 2 fully saturated rings. The van der Waals surface area contributed by atoms with Crippen molar-refractivity contribution in [1.29, 1.82) is 0 Å². The lowest BCUT2D eigenvalue weighted by atomic mass is 9.79. The van der Waals surface area contributed by atoms with Crippen molar-refractivity contribution in [2.24, 2.45) is 11.8 Å². The van der Waals surface area contributed by atoms with Crippen molar-refractivity contribution in [1.82, 2.24) is 9.88 Å². The summed E-state index contributed by atoms with van der Waals surface area (Å²) < 4.78 is 6.79. The Morgan fingerprint density at radius 2 is 1.64 bits per heavy atom. The quantitative estimate of drug-likeness (QED) is 0.697. The average molecular weight is 402 g/mol. The number of carbonyl (C=O) groups excluding carboxylic acids is 1. The Labute approximate surface area is 171 Å². The number of hydrogen-bond acceptors (Lipinski definition) is 5. The number of likely N-dealkylation sites (tertiary alicyclic amines) is 1. The standard InChI is InChI=1S/C22H31N3O2S/c1-22(2,3)27-21(26)25-14-10-17(11-15-25)16-8-12-24(13-9-16)20-23-18-6-4-5-7-19(18)28-20/h4-7,16-17H,8-15H2,1-3H3. The summed E-state index contributed by atoms with van der Waals surface area (Å²) in [6.07, 6.45) is 4.51. The molecule has 2 aliphatic rings. The maximum absolute atomic E-state index is 12.3. The van der Waals surface area contributed by atoms with Gasteiger partial charge in [0.1, 0.15) is 5.60 Å². The number of amides is 1. The largest absolute Gasteiger partial charge is 0.444 e. The van der Waals surface area contributed by atoms with Crippen LogP contribution in [0.1, 0.15) is 46.5 Å². The van der Waals surface area contributed by atoms with E-state index in [1.54, 1.807) is 11.3 Å². The van der Waals surface area contributed by atoms with E-state index in [0.717, 1.165) is 56.4 Å². The fourth-order valence-corrected chi connectivity index (χ4v) is 5.45. The number of thiazole rings is 1. The van der Waals surface area contributed by atoms with Crippen LogP contribution in [0.15, 0.2) is 24.3 Å². The number of benzene rings is 1. The van der Waals surface area contributed by atoms with Gasteiger partial charge in [-0.15, -0.1) is 0 Å². The maximum Gasteiger partial charge on any atom is 0.410 e. The molecule has 0 unspecified atom stereocenters. The van der Waals surface area contributed by atoms with Crippen LogP contribution in [0.2, 0.25) is 0 Å². The highest BCUT2D eigenvalue weighted by Gasteiger charge is 2.32. The molecule has 1 aromatic heterocycles. The molecule has 1 amide bonds. The molecule has 3 heterocycles. The first-order valence-corrected chi connectivity index (χ1v) is 11.3. The zero-order valence-corrected chi connectivity index (χ0v) is 18.0. The Hall–Kier alpha value is -1.82. The second-order valence-electron chi connectivity index (χ2n) is 9.09. The van der Waals surface area contributed by atoms with Crippen LogP contribution in [0, 0.1) is 11.8 Å². The van der Waals surface area contributed by atoms with Crippen molar-refractivity contribution >= 4 is 32.8 Å². The Morgan fingerprint density at radius 3 is 2.25 bits per heavy atom. The molecule has 28 heavy (non-hydrogen) atoms. The maximum atomic E-state index is 12.3. The molecule has 1 aromatic carbocycles. The van der Waals surface area contributed by atoms with Crippen LogP contribution in [0.3, 0.4) is 0 Å². The van der Waals surface area contributed by atoms with Gasteiger partial charge in [0.25, 0.3) is 0 Å². The summed E-state index contributed by atoms with van der Waals surface area (Å²) >= 11 is 1.81. The summed E-state index contributed by atoms with van der Waals surface area (Å²) in [6.45, 7) is 9.63. The lowest BCUT2D eigenvalue weighted by molar-refractivity contribution is 0.0152. The van der Waals surface area contributed by atoms with Gasteiger partial charge in [-0.05, 0) is 70.4 Å². The van der Waals surface area contributed by atoms with Crippen LogP contribution in [0.25, 0.3) is 10.2 Å². The van der Waals surface area contributed by atoms with Gasteiger partial charge < -0.3 is 14.5 Å². The zero-order valence-electron chi connectivity index (χ0n) is 17.2. The second-order valence-corrected chi connectivity index (χ2v) is 10.1. The van der Waals surface area contributed by atoms with Crippen LogP contribution < -0.4 is 4.90 Å². The van der Waals surface area contributed by atoms with E-state index in [1.165, 1.54) is 22.7 Å². The molecule has 0 N–H and O–H groups in total. The highest BCUT2D eigenvalue weighted by atomic mass is 32.1. The monoisotopic (exact) mass is 401 g/mol. The van der Waals surface area contributed by atoms with E-state index in [9.17, 15) is 4.79 Å². The number of para-hydroxylation sites is 1. The molecule has 6 heteroatoms. The lowest BCUT2D eigenvalue weighted by Gasteiger charge is -2.40. The van der Waals surface area contributed by atoms with Crippen molar-refractivity contribution in [3.8, 4) is 0 Å². The molecule has 0 spiro atoms. The van der Waals surface area contributed by atoms with Crippen LogP contribution in [0.4, 0.5) is 9.93 Å². The van der Waals surface area contributed by atoms with Gasteiger partial charge in [0.15, 0.2) is 5.13 Å². The minimum atomic E-state index is -0.415. The molecule has 0 saturated carbocycles. The first-order valence-electron chi connectivity index (χ1n) is 10.5. The molecule has 2 aliphatic heterocycles. The first kappa shape index (κ1) is 19.5. The molecule has 4 rings (SSSR count). The van der Waals surface area contributed by atoms with Crippen LogP contribution in [-0.4, -0.2) is 47.8 Å². The fraction of sp³-hybridized carbons (Fsp3) is 0.636. The minimum absolute atomic E-state index is 0.156. The number of rotatable bonds is 2. The third-order valence-electron chi connectivity index (χ3n) is 5.95. The van der Waals surface area contributed by atoms with Crippen LogP contribution in [-0.2, 0) is 4.74 Å². The summed E-state index contributed by atoms with van der Waals surface area (Å²) in [5.74, 6) is 1.50. The smallest absolute Gasteiger partial charge is 0.410 e. The van der Waals surface area contributed by atoms with E-state index in [0.29, 0.717) is 0 Å². The molecule has 0 aliphatic carbocycles. The Morgan fingerprint density at radius 1 is 1.04 bits per heavy atom. The van der Waals surface area contributed by atoms with E-state index in [1.807, 2.05) is 25.7 Å². The molecular weight excluding hydrogens is 370 g/mol. The Balaban J connectivity index is 1.27. The minimum Gasteiger partial charge on any atom is -0.444 e. The topological polar surface area (TPSA) is 45.7 Å². The van der Waals surface area contributed by atoms with Gasteiger partial charge >= 0.3 is 6.09 Å². The molecule has 0 bridgehead atoms. The van der Waals surface area contributed by atoms with Crippen molar-refractivity contribution in [2.45, 2.75) is 52.1 Å². The van der Waals surface area contributed by atoms with Gasteiger partial charge in [-0.25, -0.2) is 9.78 Å². The van der Waals surface area contributed by atoms with Gasteiger partial charge in [0.2, 0.25) is 0 Å². The summed E-state index contributed by atoms with van der Waals surface area (Å²) in [5, 5.41) is 1.17. The lowest BCUT2D eigenvalue weighted by Crippen LogP contribution is -2.44. The number of ether oxygens (including phenoxy) is 1. The third kappa shape index (κ3) is 4.43. The van der Waals surface area contributed by atoms with Gasteiger partial charge in [-0.3, -0.25) is 0 Å². The fourth-order valence-electron chi connectivity index (χ4n) is 4.44. The van der Waals surface area contributed by atoms with Gasteiger partial charge in [-0.2, -0.15) is 0 Å². The number of hydrogen-bond donors (Lipinski definition) is 0. The summed E-state index contributed by atoms with van der Waals surface area (Å²) in [6, 6.07) is 8.39. The highest BCUT2D eigenvalue weighted by Crippen LogP contribution is 2.36. The number of aromatic nitrogens is 1. The number of anilines is 1. The Kier molecular flexibility index (Phi) is 5.50. The van der Waals surface area contributed by atoms with E-state index in [4.69, 9.17) is 9.72 Å². The molecular formula is C22H31N3O2S. The highest BCUT2D eigenvalue weighted by molar-refractivity contribution is 7.22. The summed E-state index contributed by atoms with van der Waals surface area (Å²) in [4.78, 5) is 21.4. The van der Waals surface area contributed by atoms with Crippen molar-refractivity contribution in [3.05, 3.63) is 24.3 Å². The van der Waals surface area contributed by atoms with Crippen molar-refractivity contribution < 1.29 is 9.53 Å². The average Bonchev–Trinajstić information content (AvgIpc) is 3.11. The van der Waals surface area contributed by atoms with Gasteiger partial charge in [-0.1, -0.05) is 23.5 Å². The third-order valence-corrected chi connectivity index (χ3v) is 7.05.